The van der Waals surface area contributed by atoms with Gasteiger partial charge in [0.15, 0.2) is 0 Å². The van der Waals surface area contributed by atoms with Crippen LogP contribution in [0.3, 0.4) is 0 Å². The molecule has 2 aromatic carbocycles. The van der Waals surface area contributed by atoms with Gasteiger partial charge in [-0.3, -0.25) is 4.79 Å². The number of hydrogen-bond donors (Lipinski definition) is 0. The normalized spacial score (nSPS) is 13.6. The fraction of sp³-hybridized carbons (Fsp3) is 0.296. The summed E-state index contributed by atoms with van der Waals surface area (Å²) in [6, 6.07) is 8.45. The van der Waals surface area contributed by atoms with Gasteiger partial charge in [0.05, 0.1) is 16.5 Å². The molecule has 194 valence electrons. The summed E-state index contributed by atoms with van der Waals surface area (Å²) < 4.78 is 80.5. The molecule has 0 N–H and O–H groups in total. The first-order valence-corrected chi connectivity index (χ1v) is 11.2. The van der Waals surface area contributed by atoms with Gasteiger partial charge < -0.3 is 4.90 Å². The zero-order valence-electron chi connectivity index (χ0n) is 20.4. The molecule has 0 saturated carbocycles. The molecular formula is C27H26ClF6NO. The maximum atomic E-state index is 13.6. The summed E-state index contributed by atoms with van der Waals surface area (Å²) in [5.74, 6) is -0.720. The van der Waals surface area contributed by atoms with Crippen molar-refractivity contribution in [1.29, 1.82) is 0 Å². The number of likely N-dealkylation sites (N-methyl/N-ethyl adjacent to an activating group) is 1. The molecule has 0 aliphatic rings. The van der Waals surface area contributed by atoms with Gasteiger partial charge in [0.1, 0.15) is 0 Å². The summed E-state index contributed by atoms with van der Waals surface area (Å²) in [7, 11) is 1.40. The van der Waals surface area contributed by atoms with Gasteiger partial charge in [0.2, 0.25) is 5.91 Å². The van der Waals surface area contributed by atoms with Crippen molar-refractivity contribution in [3.8, 4) is 0 Å². The van der Waals surface area contributed by atoms with Crippen LogP contribution in [0.1, 0.15) is 48.6 Å². The smallest absolute Gasteiger partial charge is 0.314 e. The van der Waals surface area contributed by atoms with E-state index in [1.165, 1.54) is 25.8 Å². The molecule has 9 heteroatoms. The minimum atomic E-state index is -5.03. The van der Waals surface area contributed by atoms with E-state index in [4.69, 9.17) is 11.6 Å². The van der Waals surface area contributed by atoms with Crippen molar-refractivity contribution in [3.05, 3.63) is 99.7 Å². The third kappa shape index (κ3) is 6.40. The van der Waals surface area contributed by atoms with E-state index in [2.05, 4.69) is 6.58 Å². The van der Waals surface area contributed by atoms with Gasteiger partial charge in [-0.1, -0.05) is 48.5 Å². The van der Waals surface area contributed by atoms with Crippen LogP contribution in [-0.2, 0) is 22.6 Å². The van der Waals surface area contributed by atoms with Crippen LogP contribution in [0, 0.1) is 6.92 Å². The largest absolute Gasteiger partial charge is 0.416 e. The Morgan fingerprint density at radius 3 is 1.83 bits per heavy atom. The van der Waals surface area contributed by atoms with E-state index < -0.39 is 40.4 Å². The van der Waals surface area contributed by atoms with Gasteiger partial charge in [-0.2, -0.15) is 26.3 Å². The second kappa shape index (κ2) is 10.5. The average Bonchev–Trinajstić information content (AvgIpc) is 2.76. The van der Waals surface area contributed by atoms with Crippen LogP contribution in [0.4, 0.5) is 26.3 Å². The molecule has 0 fully saturated rings. The molecule has 0 aliphatic carbocycles. The Hall–Kier alpha value is -3.00. The third-order valence-corrected chi connectivity index (χ3v) is 5.90. The van der Waals surface area contributed by atoms with Crippen molar-refractivity contribution in [1.82, 2.24) is 4.90 Å². The van der Waals surface area contributed by atoms with E-state index in [1.54, 1.807) is 31.2 Å². The molecule has 0 aliphatic heterocycles. The molecule has 0 spiro atoms. The Kier molecular flexibility index (Phi) is 8.56. The number of allylic oxidation sites excluding steroid dienone is 4. The van der Waals surface area contributed by atoms with E-state index in [0.29, 0.717) is 23.4 Å². The quantitative estimate of drug-likeness (QED) is 0.271. The number of aryl methyl sites for hydroxylation is 1. The van der Waals surface area contributed by atoms with E-state index in [9.17, 15) is 31.1 Å². The minimum absolute atomic E-state index is 0.0379. The van der Waals surface area contributed by atoms with Gasteiger partial charge in [-0.15, -0.1) is 0 Å². The molecule has 0 saturated heterocycles. The molecule has 0 bridgehead atoms. The van der Waals surface area contributed by atoms with Gasteiger partial charge in [-0.05, 0) is 68.7 Å². The monoisotopic (exact) mass is 529 g/mol. The second-order valence-electron chi connectivity index (χ2n) is 8.78. The van der Waals surface area contributed by atoms with Crippen molar-refractivity contribution in [2.45, 2.75) is 45.5 Å². The van der Waals surface area contributed by atoms with Crippen molar-refractivity contribution >= 4 is 23.1 Å². The number of hydrogen-bond acceptors (Lipinski definition) is 1. The molecular weight excluding hydrogens is 504 g/mol. The maximum Gasteiger partial charge on any atom is 0.416 e. The molecule has 0 atom stereocenters. The van der Waals surface area contributed by atoms with Crippen LogP contribution in [0.25, 0.3) is 5.57 Å². The number of carbonyl (C=O) groups is 1. The lowest BCUT2D eigenvalue weighted by atomic mass is 9.81. The summed E-state index contributed by atoms with van der Waals surface area (Å²) in [6.45, 7) is 9.75. The van der Waals surface area contributed by atoms with Crippen LogP contribution in [0.5, 0.6) is 0 Å². The first kappa shape index (κ1) is 29.2. The standard InChI is InChI=1S/C27H26ClF6NO/c1-7-23(22(12-17(3)28)21-11-9-8-10-16(21)2)35(6)24(36)25(4,5)18-13-19(26(29,30)31)15-20(14-18)27(32,33)34/h7-15H,3H2,1-2,4-6H3/b22-12-,23-7+. The van der Waals surface area contributed by atoms with Crippen LogP contribution in [-0.4, -0.2) is 17.9 Å². The lowest BCUT2D eigenvalue weighted by Crippen LogP contribution is -2.41. The molecule has 2 aromatic rings. The Labute approximate surface area is 211 Å². The van der Waals surface area contributed by atoms with E-state index in [1.807, 2.05) is 19.1 Å². The van der Waals surface area contributed by atoms with E-state index >= 15 is 0 Å². The molecule has 2 nitrogen and oxygen atoms in total. The number of rotatable bonds is 6. The lowest BCUT2D eigenvalue weighted by molar-refractivity contribution is -0.143. The number of benzene rings is 2. The number of carbonyl (C=O) groups excluding carboxylic acids is 1. The molecule has 0 unspecified atom stereocenters. The third-order valence-electron chi connectivity index (χ3n) is 5.80. The first-order chi connectivity index (χ1) is 16.4. The number of nitrogens with zero attached hydrogens (tertiary/aromatic N) is 1. The molecule has 2 rings (SSSR count). The molecule has 36 heavy (non-hydrogen) atoms. The van der Waals surface area contributed by atoms with Crippen LogP contribution in [0.2, 0.25) is 0 Å². The first-order valence-electron chi connectivity index (χ1n) is 10.8. The van der Waals surface area contributed by atoms with Gasteiger partial charge in [0, 0.05) is 23.4 Å². The SMILES string of the molecule is C=C(Cl)/C=C(\C(=C/C)N(C)C(=O)C(C)(C)c1cc(C(F)(F)F)cc(C(F)(F)F)c1)c1ccccc1C. The van der Waals surface area contributed by atoms with Crippen LogP contribution in [0.15, 0.2) is 71.9 Å². The van der Waals surface area contributed by atoms with Crippen molar-refractivity contribution < 1.29 is 31.1 Å². The summed E-state index contributed by atoms with van der Waals surface area (Å²) in [6.07, 6.45) is -6.91. The van der Waals surface area contributed by atoms with Crippen molar-refractivity contribution in [3.63, 3.8) is 0 Å². The molecule has 0 aromatic heterocycles. The Morgan fingerprint density at radius 2 is 1.42 bits per heavy atom. The summed E-state index contributed by atoms with van der Waals surface area (Å²) in [4.78, 5) is 14.8. The Bertz CT molecular complexity index is 1190. The summed E-state index contributed by atoms with van der Waals surface area (Å²) in [5, 5.41) is 0.167. The predicted octanol–water partition coefficient (Wildman–Crippen LogP) is 8.51. The summed E-state index contributed by atoms with van der Waals surface area (Å²) >= 11 is 6.05. The number of halogens is 7. The fourth-order valence-corrected chi connectivity index (χ4v) is 3.93. The highest BCUT2D eigenvalue weighted by atomic mass is 35.5. The van der Waals surface area contributed by atoms with Crippen molar-refractivity contribution in [2.75, 3.05) is 7.05 Å². The summed E-state index contributed by atoms with van der Waals surface area (Å²) in [5.41, 5.74) is -2.69. The maximum absolute atomic E-state index is 13.6. The van der Waals surface area contributed by atoms with Crippen LogP contribution >= 0.6 is 11.6 Å². The Morgan fingerprint density at radius 1 is 0.944 bits per heavy atom. The lowest BCUT2D eigenvalue weighted by Gasteiger charge is -2.33. The van der Waals surface area contributed by atoms with E-state index in [0.717, 1.165) is 11.1 Å². The topological polar surface area (TPSA) is 20.3 Å². The minimum Gasteiger partial charge on any atom is -0.314 e. The van der Waals surface area contributed by atoms with Gasteiger partial charge >= 0.3 is 12.4 Å². The van der Waals surface area contributed by atoms with Crippen molar-refractivity contribution in [2.24, 2.45) is 0 Å². The highest BCUT2D eigenvalue weighted by molar-refractivity contribution is 6.31. The number of alkyl halides is 6. The molecule has 0 radical (unpaired) electrons. The van der Waals surface area contributed by atoms with E-state index in [-0.39, 0.29) is 11.1 Å². The second-order valence-corrected chi connectivity index (χ2v) is 9.26. The predicted molar refractivity (Wildman–Crippen MR) is 130 cm³/mol. The molecule has 0 heterocycles. The highest BCUT2D eigenvalue weighted by Gasteiger charge is 2.41. The fourth-order valence-electron chi connectivity index (χ4n) is 3.82. The Balaban J connectivity index is 2.65. The average molecular weight is 530 g/mol. The van der Waals surface area contributed by atoms with Crippen LogP contribution < -0.4 is 0 Å². The molecule has 1 amide bonds. The highest BCUT2D eigenvalue weighted by Crippen LogP contribution is 2.40. The zero-order valence-corrected chi connectivity index (χ0v) is 21.2. The zero-order chi connectivity index (χ0) is 27.6. The van der Waals surface area contributed by atoms with Gasteiger partial charge in [-0.25, -0.2) is 0 Å². The number of amides is 1. The van der Waals surface area contributed by atoms with Gasteiger partial charge in [0.25, 0.3) is 0 Å².